The highest BCUT2D eigenvalue weighted by atomic mass is 35.5. The average molecular weight is 344 g/mol. The van der Waals surface area contributed by atoms with Gasteiger partial charge in [0, 0.05) is 16.5 Å². The van der Waals surface area contributed by atoms with E-state index in [2.05, 4.69) is 29.4 Å². The van der Waals surface area contributed by atoms with E-state index in [0.29, 0.717) is 26.7 Å². The van der Waals surface area contributed by atoms with E-state index in [-0.39, 0.29) is 12.3 Å². The van der Waals surface area contributed by atoms with E-state index in [9.17, 15) is 4.79 Å². The lowest BCUT2D eigenvalue weighted by molar-refractivity contribution is -0.115. The summed E-state index contributed by atoms with van der Waals surface area (Å²) < 4.78 is 0. The summed E-state index contributed by atoms with van der Waals surface area (Å²) >= 11 is 13.5. The lowest BCUT2D eigenvalue weighted by Crippen LogP contribution is -2.14. The third-order valence-corrected chi connectivity index (χ3v) is 4.26. The maximum absolute atomic E-state index is 12.0. The summed E-state index contributed by atoms with van der Waals surface area (Å²) in [5.74, 6) is 0.292. The Morgan fingerprint density at radius 1 is 1.29 bits per heavy atom. The molecular weight excluding hydrogens is 329 g/mol. The summed E-state index contributed by atoms with van der Waals surface area (Å²) in [5, 5.41) is 13.1. The van der Waals surface area contributed by atoms with Gasteiger partial charge >= 0.3 is 0 Å². The van der Waals surface area contributed by atoms with Gasteiger partial charge in [0.15, 0.2) is 0 Å². The van der Waals surface area contributed by atoms with E-state index in [1.807, 2.05) is 0 Å². The minimum absolute atomic E-state index is 0.109. The van der Waals surface area contributed by atoms with Crippen LogP contribution in [0.15, 0.2) is 18.2 Å². The molecule has 0 aliphatic carbocycles. The number of carbonyl (C=O) groups excluding carboxylic acids is 1. The number of amides is 1. The van der Waals surface area contributed by atoms with Gasteiger partial charge in [-0.3, -0.25) is 4.79 Å². The summed E-state index contributed by atoms with van der Waals surface area (Å²) in [6, 6.07) is 5.17. The molecule has 0 bridgehead atoms. The molecule has 2 aromatic rings. The fourth-order valence-corrected chi connectivity index (χ4v) is 3.26. The molecule has 0 atom stereocenters. The number of carbonyl (C=O) groups is 1. The predicted octanol–water partition coefficient (Wildman–Crippen LogP) is 4.22. The lowest BCUT2D eigenvalue weighted by Gasteiger charge is -2.06. The monoisotopic (exact) mass is 343 g/mol. The molecular formula is C14H15Cl2N3OS. The van der Waals surface area contributed by atoms with Gasteiger partial charge in [0.2, 0.25) is 11.0 Å². The fourth-order valence-electron chi connectivity index (χ4n) is 1.76. The van der Waals surface area contributed by atoms with Gasteiger partial charge in [0.1, 0.15) is 5.01 Å². The smallest absolute Gasteiger partial charge is 0.230 e. The minimum Gasteiger partial charge on any atom is -0.300 e. The van der Waals surface area contributed by atoms with Crippen molar-refractivity contribution in [2.75, 3.05) is 5.32 Å². The highest BCUT2D eigenvalue weighted by Crippen LogP contribution is 2.25. The molecule has 0 unspecified atom stereocenters. The van der Waals surface area contributed by atoms with Crippen molar-refractivity contribution in [3.63, 3.8) is 0 Å². The van der Waals surface area contributed by atoms with Crippen LogP contribution in [0.4, 0.5) is 5.13 Å². The molecule has 0 spiro atoms. The van der Waals surface area contributed by atoms with Crippen LogP contribution >= 0.6 is 34.5 Å². The Kier molecular flexibility index (Phi) is 5.56. The molecule has 0 saturated carbocycles. The molecule has 7 heteroatoms. The first-order chi connectivity index (χ1) is 9.95. The van der Waals surface area contributed by atoms with Crippen LogP contribution in [-0.2, 0) is 17.6 Å². The predicted molar refractivity (Wildman–Crippen MR) is 87.2 cm³/mol. The van der Waals surface area contributed by atoms with Gasteiger partial charge < -0.3 is 5.32 Å². The van der Waals surface area contributed by atoms with Gasteiger partial charge in [-0.1, -0.05) is 54.5 Å². The van der Waals surface area contributed by atoms with E-state index < -0.39 is 0 Å². The van der Waals surface area contributed by atoms with Gasteiger partial charge in [-0.05, 0) is 23.6 Å². The summed E-state index contributed by atoms with van der Waals surface area (Å²) in [5.41, 5.74) is 0.616. The quantitative estimate of drug-likeness (QED) is 0.883. The second-order valence-corrected chi connectivity index (χ2v) is 6.90. The van der Waals surface area contributed by atoms with Crippen LogP contribution in [0.2, 0.25) is 10.0 Å². The zero-order chi connectivity index (χ0) is 15.4. The average Bonchev–Trinajstić information content (AvgIpc) is 2.80. The molecule has 0 fully saturated rings. The summed E-state index contributed by atoms with van der Waals surface area (Å²) in [6.07, 6.45) is 0.960. The Morgan fingerprint density at radius 3 is 2.57 bits per heavy atom. The standard InChI is InChI=1S/C14H15Cl2N3OS/c1-8(2)6-13-18-19-14(21-13)17-12(20)7-9-10(15)4-3-5-11(9)16/h3-5,8H,6-7H2,1-2H3,(H,17,19,20). The molecule has 4 nitrogen and oxygen atoms in total. The van der Waals surface area contributed by atoms with Crippen LogP contribution in [0.5, 0.6) is 0 Å². The van der Waals surface area contributed by atoms with Crippen LogP contribution in [0, 0.1) is 5.92 Å². The molecule has 0 aliphatic rings. The molecule has 1 amide bonds. The van der Waals surface area contributed by atoms with Crippen molar-refractivity contribution in [1.82, 2.24) is 10.2 Å². The Morgan fingerprint density at radius 2 is 1.95 bits per heavy atom. The molecule has 0 aliphatic heterocycles. The maximum Gasteiger partial charge on any atom is 0.230 e. The van der Waals surface area contributed by atoms with Crippen molar-refractivity contribution >= 4 is 45.6 Å². The number of rotatable bonds is 5. The first-order valence-corrected chi connectivity index (χ1v) is 8.08. The number of hydrogen-bond acceptors (Lipinski definition) is 4. The first kappa shape index (κ1) is 16.2. The highest BCUT2D eigenvalue weighted by molar-refractivity contribution is 7.15. The SMILES string of the molecule is CC(C)Cc1nnc(NC(=O)Cc2c(Cl)cccc2Cl)s1. The molecule has 112 valence electrons. The van der Waals surface area contributed by atoms with Gasteiger partial charge in [0.25, 0.3) is 0 Å². The van der Waals surface area contributed by atoms with Crippen molar-refractivity contribution in [3.05, 3.63) is 38.8 Å². The minimum atomic E-state index is -0.211. The van der Waals surface area contributed by atoms with E-state index in [4.69, 9.17) is 23.2 Å². The number of benzene rings is 1. The lowest BCUT2D eigenvalue weighted by atomic mass is 10.1. The second-order valence-electron chi connectivity index (χ2n) is 5.02. The van der Waals surface area contributed by atoms with Crippen molar-refractivity contribution in [3.8, 4) is 0 Å². The number of nitrogens with one attached hydrogen (secondary N) is 1. The van der Waals surface area contributed by atoms with E-state index in [1.54, 1.807) is 18.2 Å². The zero-order valence-electron chi connectivity index (χ0n) is 11.7. The summed E-state index contributed by atoms with van der Waals surface area (Å²) in [4.78, 5) is 12.0. The largest absolute Gasteiger partial charge is 0.300 e. The second kappa shape index (κ2) is 7.20. The van der Waals surface area contributed by atoms with Gasteiger partial charge in [-0.15, -0.1) is 10.2 Å². The van der Waals surface area contributed by atoms with Crippen molar-refractivity contribution < 1.29 is 4.79 Å². The molecule has 1 heterocycles. The van der Waals surface area contributed by atoms with E-state index in [1.165, 1.54) is 11.3 Å². The van der Waals surface area contributed by atoms with Gasteiger partial charge in [-0.2, -0.15) is 0 Å². The van der Waals surface area contributed by atoms with Gasteiger partial charge in [0.05, 0.1) is 6.42 Å². The van der Waals surface area contributed by atoms with Crippen LogP contribution in [0.3, 0.4) is 0 Å². The van der Waals surface area contributed by atoms with Crippen molar-refractivity contribution in [2.45, 2.75) is 26.7 Å². The molecule has 1 aromatic heterocycles. The Bertz CT molecular complexity index is 623. The Hall–Kier alpha value is -1.17. The van der Waals surface area contributed by atoms with Crippen molar-refractivity contribution in [2.24, 2.45) is 5.92 Å². The third kappa shape index (κ3) is 4.66. The molecule has 0 saturated heterocycles. The zero-order valence-corrected chi connectivity index (χ0v) is 14.0. The van der Waals surface area contributed by atoms with E-state index in [0.717, 1.165) is 11.4 Å². The normalized spacial score (nSPS) is 10.9. The molecule has 21 heavy (non-hydrogen) atoms. The third-order valence-electron chi connectivity index (χ3n) is 2.70. The highest BCUT2D eigenvalue weighted by Gasteiger charge is 2.13. The Balaban J connectivity index is 2.00. The first-order valence-electron chi connectivity index (χ1n) is 6.51. The molecule has 1 N–H and O–H groups in total. The van der Waals surface area contributed by atoms with Crippen LogP contribution < -0.4 is 5.32 Å². The number of halogens is 2. The van der Waals surface area contributed by atoms with Crippen LogP contribution in [0.25, 0.3) is 0 Å². The van der Waals surface area contributed by atoms with Crippen LogP contribution in [-0.4, -0.2) is 16.1 Å². The number of aromatic nitrogens is 2. The van der Waals surface area contributed by atoms with E-state index >= 15 is 0 Å². The Labute approximate surface area is 137 Å². The molecule has 1 aromatic carbocycles. The van der Waals surface area contributed by atoms with Gasteiger partial charge in [-0.25, -0.2) is 0 Å². The summed E-state index contributed by atoms with van der Waals surface area (Å²) in [7, 11) is 0. The summed E-state index contributed by atoms with van der Waals surface area (Å²) in [6.45, 7) is 4.22. The topological polar surface area (TPSA) is 54.9 Å². The fraction of sp³-hybridized carbons (Fsp3) is 0.357. The number of anilines is 1. The van der Waals surface area contributed by atoms with Crippen LogP contribution in [0.1, 0.15) is 24.4 Å². The molecule has 2 rings (SSSR count). The number of hydrogen-bond donors (Lipinski definition) is 1. The maximum atomic E-state index is 12.0. The number of nitrogens with zero attached hydrogens (tertiary/aromatic N) is 2. The molecule has 0 radical (unpaired) electrons. The van der Waals surface area contributed by atoms with Crippen molar-refractivity contribution in [1.29, 1.82) is 0 Å².